The van der Waals surface area contributed by atoms with Gasteiger partial charge in [0.25, 0.3) is 5.91 Å². The number of ether oxygens (including phenoxy) is 1. The molecule has 4 nitrogen and oxygen atoms in total. The molecule has 1 aromatic rings. The van der Waals surface area contributed by atoms with Crippen molar-refractivity contribution in [2.75, 3.05) is 12.3 Å². The minimum absolute atomic E-state index is 0.0498. The van der Waals surface area contributed by atoms with Crippen LogP contribution >= 0.6 is 0 Å². The van der Waals surface area contributed by atoms with E-state index in [4.69, 9.17) is 16.9 Å². The summed E-state index contributed by atoms with van der Waals surface area (Å²) in [5, 5.41) is 2.72. The fourth-order valence-corrected chi connectivity index (χ4v) is 1.43. The summed E-state index contributed by atoms with van der Waals surface area (Å²) in [6.45, 7) is 1.97. The lowest BCUT2D eigenvalue weighted by molar-refractivity contribution is -0.123. The van der Waals surface area contributed by atoms with Crippen molar-refractivity contribution in [1.82, 2.24) is 5.32 Å². The van der Waals surface area contributed by atoms with Crippen LogP contribution in [-0.4, -0.2) is 18.6 Å². The van der Waals surface area contributed by atoms with Crippen LogP contribution in [0.25, 0.3) is 0 Å². The SMILES string of the molecule is C#CC(CCC)NC(=O)COc1ccc(N)cc1. The van der Waals surface area contributed by atoms with E-state index in [-0.39, 0.29) is 18.6 Å². The maximum absolute atomic E-state index is 11.6. The summed E-state index contributed by atoms with van der Waals surface area (Å²) in [5.74, 6) is 2.92. The predicted molar refractivity (Wildman–Crippen MR) is 72.0 cm³/mol. The van der Waals surface area contributed by atoms with Gasteiger partial charge in [0.15, 0.2) is 6.61 Å². The zero-order chi connectivity index (χ0) is 13.4. The third kappa shape index (κ3) is 4.79. The molecule has 0 aromatic heterocycles. The van der Waals surface area contributed by atoms with Gasteiger partial charge in [-0.2, -0.15) is 0 Å². The fraction of sp³-hybridized carbons (Fsp3) is 0.357. The molecule has 96 valence electrons. The van der Waals surface area contributed by atoms with E-state index in [1.54, 1.807) is 24.3 Å². The van der Waals surface area contributed by atoms with Gasteiger partial charge in [0, 0.05) is 5.69 Å². The highest BCUT2D eigenvalue weighted by Crippen LogP contribution is 2.12. The Balaban J connectivity index is 2.37. The van der Waals surface area contributed by atoms with Gasteiger partial charge in [-0.15, -0.1) is 6.42 Å². The van der Waals surface area contributed by atoms with Gasteiger partial charge in [0.05, 0.1) is 6.04 Å². The monoisotopic (exact) mass is 246 g/mol. The lowest BCUT2D eigenvalue weighted by Gasteiger charge is -2.12. The number of terminal acetylenes is 1. The second-order valence-corrected chi connectivity index (χ2v) is 3.93. The average Bonchev–Trinajstić information content (AvgIpc) is 2.37. The van der Waals surface area contributed by atoms with Crippen molar-refractivity contribution >= 4 is 11.6 Å². The van der Waals surface area contributed by atoms with E-state index in [2.05, 4.69) is 11.2 Å². The lowest BCUT2D eigenvalue weighted by atomic mass is 10.2. The zero-order valence-electron chi connectivity index (χ0n) is 10.5. The molecular formula is C14H18N2O2. The molecule has 1 aromatic carbocycles. The van der Waals surface area contributed by atoms with Crippen molar-refractivity contribution in [1.29, 1.82) is 0 Å². The molecule has 0 heterocycles. The summed E-state index contributed by atoms with van der Waals surface area (Å²) < 4.78 is 5.31. The molecule has 1 amide bonds. The van der Waals surface area contributed by atoms with Crippen molar-refractivity contribution in [2.45, 2.75) is 25.8 Å². The number of nitrogens with two attached hydrogens (primary N) is 1. The fourth-order valence-electron chi connectivity index (χ4n) is 1.43. The number of rotatable bonds is 6. The summed E-state index contributed by atoms with van der Waals surface area (Å²) in [4.78, 5) is 11.6. The molecule has 0 saturated heterocycles. The number of nitrogen functional groups attached to an aromatic ring is 1. The number of benzene rings is 1. The van der Waals surface area contributed by atoms with Crippen molar-refractivity contribution in [3.05, 3.63) is 24.3 Å². The van der Waals surface area contributed by atoms with Gasteiger partial charge in [0.1, 0.15) is 5.75 Å². The van der Waals surface area contributed by atoms with E-state index in [1.807, 2.05) is 6.92 Å². The Morgan fingerprint density at radius 3 is 2.72 bits per heavy atom. The third-order valence-electron chi connectivity index (χ3n) is 2.36. The maximum Gasteiger partial charge on any atom is 0.258 e. The number of hydrogen-bond acceptors (Lipinski definition) is 3. The smallest absolute Gasteiger partial charge is 0.258 e. The molecule has 1 unspecified atom stereocenters. The van der Waals surface area contributed by atoms with Crippen LogP contribution < -0.4 is 15.8 Å². The number of anilines is 1. The second-order valence-electron chi connectivity index (χ2n) is 3.93. The number of carbonyl (C=O) groups is 1. The maximum atomic E-state index is 11.6. The molecule has 1 rings (SSSR count). The van der Waals surface area contributed by atoms with Gasteiger partial charge in [-0.25, -0.2) is 0 Å². The first kappa shape index (κ1) is 13.9. The highest BCUT2D eigenvalue weighted by atomic mass is 16.5. The lowest BCUT2D eigenvalue weighted by Crippen LogP contribution is -2.36. The first-order chi connectivity index (χ1) is 8.65. The highest BCUT2D eigenvalue weighted by molar-refractivity contribution is 5.78. The Bertz CT molecular complexity index is 420. The molecule has 4 heteroatoms. The van der Waals surface area contributed by atoms with Crippen LogP contribution in [0.5, 0.6) is 5.75 Å². The molecule has 0 aliphatic heterocycles. The number of amides is 1. The molecule has 0 fully saturated rings. The van der Waals surface area contributed by atoms with Crippen molar-refractivity contribution < 1.29 is 9.53 Å². The topological polar surface area (TPSA) is 64.3 Å². The molecular weight excluding hydrogens is 228 g/mol. The first-order valence-corrected chi connectivity index (χ1v) is 5.89. The number of nitrogens with one attached hydrogen (secondary N) is 1. The molecule has 0 aliphatic rings. The minimum atomic E-state index is -0.225. The van der Waals surface area contributed by atoms with E-state index in [1.165, 1.54) is 0 Å². The van der Waals surface area contributed by atoms with Gasteiger partial charge >= 0.3 is 0 Å². The van der Waals surface area contributed by atoms with Gasteiger partial charge in [-0.1, -0.05) is 19.3 Å². The van der Waals surface area contributed by atoms with Crippen LogP contribution in [0, 0.1) is 12.3 Å². The van der Waals surface area contributed by atoms with Gasteiger partial charge in [-0.05, 0) is 30.7 Å². The van der Waals surface area contributed by atoms with Crippen molar-refractivity contribution in [3.8, 4) is 18.1 Å². The average molecular weight is 246 g/mol. The van der Waals surface area contributed by atoms with E-state index in [0.29, 0.717) is 11.4 Å². The quantitative estimate of drug-likeness (QED) is 0.591. The summed E-state index contributed by atoms with van der Waals surface area (Å²) >= 11 is 0. The highest BCUT2D eigenvalue weighted by Gasteiger charge is 2.08. The third-order valence-corrected chi connectivity index (χ3v) is 2.36. The summed E-state index contributed by atoms with van der Waals surface area (Å²) in [6.07, 6.45) is 7.00. The van der Waals surface area contributed by atoms with Gasteiger partial charge in [-0.3, -0.25) is 4.79 Å². The van der Waals surface area contributed by atoms with Gasteiger partial charge < -0.3 is 15.8 Å². The molecule has 0 bridgehead atoms. The molecule has 18 heavy (non-hydrogen) atoms. The summed E-state index contributed by atoms with van der Waals surface area (Å²) in [5.41, 5.74) is 6.20. The molecule has 0 radical (unpaired) electrons. The predicted octanol–water partition coefficient (Wildman–Crippen LogP) is 1.57. The Hall–Kier alpha value is -2.15. The van der Waals surface area contributed by atoms with E-state index in [9.17, 15) is 4.79 Å². The van der Waals surface area contributed by atoms with Crippen LogP contribution in [0.2, 0.25) is 0 Å². The second kappa shape index (κ2) is 7.23. The molecule has 0 aliphatic carbocycles. The Morgan fingerprint density at radius 1 is 1.50 bits per heavy atom. The van der Waals surface area contributed by atoms with Crippen LogP contribution in [0.15, 0.2) is 24.3 Å². The van der Waals surface area contributed by atoms with E-state index in [0.717, 1.165) is 12.8 Å². The molecule has 0 saturated carbocycles. The van der Waals surface area contributed by atoms with Crippen molar-refractivity contribution in [2.24, 2.45) is 0 Å². The van der Waals surface area contributed by atoms with E-state index < -0.39 is 0 Å². The standard InChI is InChI=1S/C14H18N2O2/c1-3-5-12(4-2)16-14(17)10-18-13-8-6-11(15)7-9-13/h2,6-9,12H,3,5,10,15H2,1H3,(H,16,17). The molecule has 1 atom stereocenters. The minimum Gasteiger partial charge on any atom is -0.484 e. The largest absolute Gasteiger partial charge is 0.484 e. The van der Waals surface area contributed by atoms with Crippen LogP contribution in [-0.2, 0) is 4.79 Å². The van der Waals surface area contributed by atoms with E-state index >= 15 is 0 Å². The normalized spacial score (nSPS) is 11.3. The Kier molecular flexibility index (Phi) is 5.59. The molecule has 0 spiro atoms. The zero-order valence-corrected chi connectivity index (χ0v) is 10.5. The Morgan fingerprint density at radius 2 is 2.17 bits per heavy atom. The molecule has 3 N–H and O–H groups in total. The number of hydrogen-bond donors (Lipinski definition) is 2. The Labute approximate surface area is 108 Å². The van der Waals surface area contributed by atoms with Crippen LogP contribution in [0.3, 0.4) is 0 Å². The number of carbonyl (C=O) groups excluding carboxylic acids is 1. The van der Waals surface area contributed by atoms with Gasteiger partial charge in [0.2, 0.25) is 0 Å². The summed E-state index contributed by atoms with van der Waals surface area (Å²) in [6, 6.07) is 6.64. The summed E-state index contributed by atoms with van der Waals surface area (Å²) in [7, 11) is 0. The van der Waals surface area contributed by atoms with Crippen LogP contribution in [0.4, 0.5) is 5.69 Å². The first-order valence-electron chi connectivity index (χ1n) is 5.89. The van der Waals surface area contributed by atoms with Crippen molar-refractivity contribution in [3.63, 3.8) is 0 Å². The van der Waals surface area contributed by atoms with Crippen LogP contribution in [0.1, 0.15) is 19.8 Å².